The summed E-state index contributed by atoms with van der Waals surface area (Å²) in [4.78, 5) is 26.0. The van der Waals surface area contributed by atoms with Gasteiger partial charge in [0.25, 0.3) is 0 Å². The molecule has 0 spiro atoms. The molecule has 0 bridgehead atoms. The van der Waals surface area contributed by atoms with Crippen LogP contribution in [-0.2, 0) is 9.59 Å². The van der Waals surface area contributed by atoms with E-state index in [9.17, 15) is 9.59 Å². The van der Waals surface area contributed by atoms with Crippen LogP contribution < -0.4 is 0 Å². The van der Waals surface area contributed by atoms with Gasteiger partial charge in [0.1, 0.15) is 5.78 Å². The maximum Gasteiger partial charge on any atom is 0.304 e. The Morgan fingerprint density at radius 1 is 1.40 bits per heavy atom. The van der Waals surface area contributed by atoms with Gasteiger partial charge in [0.2, 0.25) is 0 Å². The van der Waals surface area contributed by atoms with E-state index >= 15 is 0 Å². The molecule has 1 rings (SSSR count). The van der Waals surface area contributed by atoms with Crippen molar-refractivity contribution in [3.8, 4) is 0 Å². The summed E-state index contributed by atoms with van der Waals surface area (Å²) in [5, 5.41) is 8.72. The summed E-state index contributed by atoms with van der Waals surface area (Å²) in [6, 6.07) is 3.36. The lowest BCUT2D eigenvalue weighted by molar-refractivity contribution is -0.139. The van der Waals surface area contributed by atoms with Crippen molar-refractivity contribution >= 4 is 11.8 Å². The summed E-state index contributed by atoms with van der Waals surface area (Å²) in [5.74, 6) is -1.56. The van der Waals surface area contributed by atoms with Crippen LogP contribution in [-0.4, -0.2) is 21.8 Å². The number of ketones is 1. The zero-order valence-electron chi connectivity index (χ0n) is 8.51. The van der Waals surface area contributed by atoms with Crippen LogP contribution in [0.3, 0.4) is 0 Å². The molecule has 15 heavy (non-hydrogen) atoms. The molecule has 1 aromatic heterocycles. The molecule has 0 aliphatic heterocycles. The molecule has 0 aliphatic rings. The van der Waals surface area contributed by atoms with Crippen molar-refractivity contribution in [2.75, 3.05) is 0 Å². The maximum atomic E-state index is 11.6. The van der Waals surface area contributed by atoms with Gasteiger partial charge in [-0.15, -0.1) is 0 Å². The molecule has 1 aromatic rings. The van der Waals surface area contributed by atoms with Gasteiger partial charge < -0.3 is 5.11 Å². The number of pyridine rings is 1. The summed E-state index contributed by atoms with van der Waals surface area (Å²) in [6.45, 7) is 1.73. The van der Waals surface area contributed by atoms with Crippen LogP contribution in [0, 0.1) is 0 Å². The minimum absolute atomic E-state index is 0.0522. The van der Waals surface area contributed by atoms with Gasteiger partial charge in [-0.2, -0.15) is 0 Å². The quantitative estimate of drug-likeness (QED) is 0.796. The lowest BCUT2D eigenvalue weighted by Gasteiger charge is -2.12. The number of aromatic nitrogens is 1. The number of carbonyl (C=O) groups excluding carboxylic acids is 1. The second-order valence-corrected chi connectivity index (χ2v) is 3.25. The van der Waals surface area contributed by atoms with Crippen LogP contribution in [0.4, 0.5) is 0 Å². The van der Waals surface area contributed by atoms with Crippen molar-refractivity contribution in [2.45, 2.75) is 25.7 Å². The first kappa shape index (κ1) is 11.4. The minimum Gasteiger partial charge on any atom is -0.481 e. The van der Waals surface area contributed by atoms with Crippen molar-refractivity contribution in [1.82, 2.24) is 4.98 Å². The third-order valence-electron chi connectivity index (χ3n) is 2.22. The summed E-state index contributed by atoms with van der Waals surface area (Å²) in [6.07, 6.45) is 3.32. The van der Waals surface area contributed by atoms with E-state index in [-0.39, 0.29) is 12.2 Å². The highest BCUT2D eigenvalue weighted by atomic mass is 16.4. The number of hydrogen-bond acceptors (Lipinski definition) is 3. The summed E-state index contributed by atoms with van der Waals surface area (Å²) < 4.78 is 0. The Morgan fingerprint density at radius 3 is 2.47 bits per heavy atom. The number of aliphatic carboxylic acids is 1. The first-order valence-corrected chi connectivity index (χ1v) is 4.79. The van der Waals surface area contributed by atoms with Crippen LogP contribution in [0.15, 0.2) is 24.5 Å². The normalized spacial score (nSPS) is 12.1. The number of rotatable bonds is 5. The lowest BCUT2D eigenvalue weighted by Crippen LogP contribution is -2.15. The van der Waals surface area contributed by atoms with Gasteiger partial charge in [-0.05, 0) is 17.7 Å². The Morgan fingerprint density at radius 2 is 2.00 bits per heavy atom. The molecule has 0 aromatic carbocycles. The van der Waals surface area contributed by atoms with E-state index in [0.717, 1.165) is 5.56 Å². The van der Waals surface area contributed by atoms with Crippen LogP contribution >= 0.6 is 0 Å². The highest BCUT2D eigenvalue weighted by molar-refractivity contribution is 5.89. The van der Waals surface area contributed by atoms with Crippen LogP contribution in [0.25, 0.3) is 0 Å². The van der Waals surface area contributed by atoms with Gasteiger partial charge in [0.05, 0.1) is 12.3 Å². The summed E-state index contributed by atoms with van der Waals surface area (Å²) >= 11 is 0. The Hall–Kier alpha value is -1.71. The van der Waals surface area contributed by atoms with Crippen LogP contribution in [0.1, 0.15) is 31.2 Å². The first-order valence-electron chi connectivity index (χ1n) is 4.79. The highest BCUT2D eigenvalue weighted by Gasteiger charge is 2.21. The molecule has 4 heteroatoms. The molecule has 0 fully saturated rings. The van der Waals surface area contributed by atoms with Gasteiger partial charge in [0.15, 0.2) is 0 Å². The average molecular weight is 207 g/mol. The van der Waals surface area contributed by atoms with Crippen molar-refractivity contribution in [3.05, 3.63) is 30.1 Å². The number of hydrogen-bond donors (Lipinski definition) is 1. The molecule has 1 atom stereocenters. The maximum absolute atomic E-state index is 11.6. The lowest BCUT2D eigenvalue weighted by atomic mass is 9.91. The molecule has 0 saturated heterocycles. The zero-order valence-corrected chi connectivity index (χ0v) is 8.51. The van der Waals surface area contributed by atoms with Gasteiger partial charge in [-0.3, -0.25) is 14.6 Å². The Kier molecular flexibility index (Phi) is 3.97. The number of nitrogens with zero attached hydrogens (tertiary/aromatic N) is 1. The Labute approximate surface area is 88.0 Å². The average Bonchev–Trinajstić information content (AvgIpc) is 2.26. The third kappa shape index (κ3) is 3.16. The van der Waals surface area contributed by atoms with Crippen LogP contribution in [0.2, 0.25) is 0 Å². The van der Waals surface area contributed by atoms with Crippen molar-refractivity contribution in [3.63, 3.8) is 0 Å². The van der Waals surface area contributed by atoms with Crippen molar-refractivity contribution in [2.24, 2.45) is 0 Å². The molecule has 0 amide bonds. The van der Waals surface area contributed by atoms with E-state index in [4.69, 9.17) is 5.11 Å². The molecule has 1 heterocycles. The molecule has 1 N–H and O–H groups in total. The molecule has 4 nitrogen and oxygen atoms in total. The van der Waals surface area contributed by atoms with E-state index in [1.54, 1.807) is 31.5 Å². The number of Topliss-reactive ketones (excluding diaryl/α,β-unsaturated/α-hetero) is 1. The van der Waals surface area contributed by atoms with Gasteiger partial charge >= 0.3 is 5.97 Å². The highest BCUT2D eigenvalue weighted by Crippen LogP contribution is 2.21. The van der Waals surface area contributed by atoms with Crippen LogP contribution in [0.5, 0.6) is 0 Å². The van der Waals surface area contributed by atoms with Gasteiger partial charge in [0, 0.05) is 18.8 Å². The fourth-order valence-corrected chi connectivity index (χ4v) is 1.43. The molecular formula is C11H13NO3. The smallest absolute Gasteiger partial charge is 0.304 e. The first-order chi connectivity index (χ1) is 7.15. The van der Waals surface area contributed by atoms with Crippen molar-refractivity contribution in [1.29, 1.82) is 0 Å². The monoisotopic (exact) mass is 207 g/mol. The van der Waals surface area contributed by atoms with Gasteiger partial charge in [-0.25, -0.2) is 0 Å². The predicted octanol–water partition coefficient (Wildman–Crippen LogP) is 1.62. The van der Waals surface area contributed by atoms with E-state index in [0.29, 0.717) is 6.42 Å². The van der Waals surface area contributed by atoms with E-state index < -0.39 is 11.9 Å². The molecule has 0 aliphatic carbocycles. The van der Waals surface area contributed by atoms with Gasteiger partial charge in [-0.1, -0.05) is 6.92 Å². The third-order valence-corrected chi connectivity index (χ3v) is 2.22. The summed E-state index contributed by atoms with van der Waals surface area (Å²) in [5.41, 5.74) is 0.722. The zero-order chi connectivity index (χ0) is 11.3. The fourth-order valence-electron chi connectivity index (χ4n) is 1.43. The minimum atomic E-state index is -0.960. The SMILES string of the molecule is CCC(=O)C(CC(=O)O)c1ccncc1. The van der Waals surface area contributed by atoms with E-state index in [1.807, 2.05) is 0 Å². The summed E-state index contributed by atoms with van der Waals surface area (Å²) in [7, 11) is 0. The largest absolute Gasteiger partial charge is 0.481 e. The molecule has 0 radical (unpaired) electrons. The second-order valence-electron chi connectivity index (χ2n) is 3.25. The van der Waals surface area contributed by atoms with E-state index in [2.05, 4.69) is 4.98 Å². The fraction of sp³-hybridized carbons (Fsp3) is 0.364. The predicted molar refractivity (Wildman–Crippen MR) is 54.5 cm³/mol. The molecular weight excluding hydrogens is 194 g/mol. The van der Waals surface area contributed by atoms with Crippen molar-refractivity contribution < 1.29 is 14.7 Å². The molecule has 0 saturated carbocycles. The number of carbonyl (C=O) groups is 2. The second kappa shape index (κ2) is 5.24. The number of carboxylic acid groups (broad SMARTS) is 1. The Balaban J connectivity index is 2.91. The molecule has 1 unspecified atom stereocenters. The van der Waals surface area contributed by atoms with E-state index in [1.165, 1.54) is 0 Å². The Bertz CT molecular complexity index is 348. The standard InChI is InChI=1S/C11H13NO3/c1-2-10(13)9(7-11(14)15)8-3-5-12-6-4-8/h3-6,9H,2,7H2,1H3,(H,14,15). The topological polar surface area (TPSA) is 67.3 Å². The molecule has 80 valence electrons. The number of carboxylic acids is 1.